The summed E-state index contributed by atoms with van der Waals surface area (Å²) in [6.07, 6.45) is 1.95. The van der Waals surface area contributed by atoms with Crippen LogP contribution in [0.5, 0.6) is 0 Å². The number of aliphatic hydroxyl groups excluding tert-OH is 2. The molecule has 1 rings (SSSR count). The van der Waals surface area contributed by atoms with Crippen molar-refractivity contribution in [3.05, 3.63) is 0 Å². The van der Waals surface area contributed by atoms with E-state index >= 15 is 0 Å². The molecule has 0 saturated heterocycles. The third-order valence-corrected chi connectivity index (χ3v) is 3.63. The summed E-state index contributed by atoms with van der Waals surface area (Å²) in [4.78, 5) is 0. The Morgan fingerprint density at radius 1 is 1.31 bits per heavy atom. The molecule has 0 aliphatic heterocycles. The van der Waals surface area contributed by atoms with Crippen molar-refractivity contribution in [1.82, 2.24) is 0 Å². The monoisotopic (exact) mass is 186 g/mol. The molecule has 4 atom stereocenters. The molecule has 2 nitrogen and oxygen atoms in total. The molecule has 0 radical (unpaired) electrons. The first-order valence-corrected chi connectivity index (χ1v) is 5.36. The van der Waals surface area contributed by atoms with Gasteiger partial charge in [-0.15, -0.1) is 0 Å². The molecule has 0 bridgehead atoms. The van der Waals surface area contributed by atoms with Crippen molar-refractivity contribution in [3.63, 3.8) is 0 Å². The molecule has 0 amide bonds. The molecule has 1 aliphatic carbocycles. The standard InChI is InChI=1S/C11H22O2/c1-7(2)9-5-4-8(3)10(6-12)11(9)13/h7-13H,4-6H2,1-3H3/t8-,9+,10?,11?/m1/s1. The van der Waals surface area contributed by atoms with Crippen molar-refractivity contribution in [2.75, 3.05) is 6.61 Å². The van der Waals surface area contributed by atoms with Gasteiger partial charge in [0.25, 0.3) is 0 Å². The Bertz CT molecular complexity index is 154. The highest BCUT2D eigenvalue weighted by molar-refractivity contribution is 4.86. The topological polar surface area (TPSA) is 40.5 Å². The van der Waals surface area contributed by atoms with Crippen molar-refractivity contribution in [2.24, 2.45) is 23.7 Å². The Labute approximate surface area is 81.0 Å². The van der Waals surface area contributed by atoms with Crippen LogP contribution in [0.25, 0.3) is 0 Å². The minimum absolute atomic E-state index is 0.0983. The summed E-state index contributed by atoms with van der Waals surface area (Å²) in [6, 6.07) is 0. The molecule has 0 heterocycles. The fourth-order valence-corrected chi connectivity index (χ4v) is 2.51. The van der Waals surface area contributed by atoms with Crippen LogP contribution >= 0.6 is 0 Å². The molecule has 78 valence electrons. The van der Waals surface area contributed by atoms with Gasteiger partial charge < -0.3 is 10.2 Å². The van der Waals surface area contributed by atoms with Crippen molar-refractivity contribution in [2.45, 2.75) is 39.7 Å². The van der Waals surface area contributed by atoms with E-state index in [0.29, 0.717) is 17.8 Å². The van der Waals surface area contributed by atoms with Crippen LogP contribution in [-0.2, 0) is 0 Å². The van der Waals surface area contributed by atoms with Gasteiger partial charge in [0.05, 0.1) is 6.10 Å². The van der Waals surface area contributed by atoms with E-state index in [-0.39, 0.29) is 18.6 Å². The number of aliphatic hydroxyl groups is 2. The average molecular weight is 186 g/mol. The van der Waals surface area contributed by atoms with E-state index < -0.39 is 0 Å². The minimum atomic E-state index is -0.297. The molecule has 13 heavy (non-hydrogen) atoms. The van der Waals surface area contributed by atoms with E-state index in [9.17, 15) is 10.2 Å². The van der Waals surface area contributed by atoms with Crippen LogP contribution in [0.4, 0.5) is 0 Å². The molecule has 2 heteroatoms. The molecule has 0 aromatic rings. The van der Waals surface area contributed by atoms with Crippen LogP contribution in [0.3, 0.4) is 0 Å². The maximum atomic E-state index is 10.0. The summed E-state index contributed by atoms with van der Waals surface area (Å²) in [5.74, 6) is 1.47. The highest BCUT2D eigenvalue weighted by Gasteiger charge is 2.36. The number of rotatable bonds is 2. The van der Waals surface area contributed by atoms with Crippen molar-refractivity contribution < 1.29 is 10.2 Å². The smallest absolute Gasteiger partial charge is 0.0623 e. The predicted molar refractivity (Wildman–Crippen MR) is 53.3 cm³/mol. The van der Waals surface area contributed by atoms with Gasteiger partial charge in [-0.05, 0) is 30.6 Å². The maximum absolute atomic E-state index is 10.0. The lowest BCUT2D eigenvalue weighted by Crippen LogP contribution is -2.42. The summed E-state index contributed by atoms with van der Waals surface area (Å²) in [6.45, 7) is 6.56. The molecule has 0 aromatic carbocycles. The molecule has 1 saturated carbocycles. The summed E-state index contributed by atoms with van der Waals surface area (Å²) in [7, 11) is 0. The highest BCUT2D eigenvalue weighted by Crippen LogP contribution is 2.37. The second kappa shape index (κ2) is 4.43. The average Bonchev–Trinajstić information content (AvgIpc) is 2.04. The van der Waals surface area contributed by atoms with Gasteiger partial charge in [0.15, 0.2) is 0 Å². The van der Waals surface area contributed by atoms with Gasteiger partial charge in [-0.25, -0.2) is 0 Å². The largest absolute Gasteiger partial charge is 0.396 e. The third-order valence-electron chi connectivity index (χ3n) is 3.63. The van der Waals surface area contributed by atoms with Gasteiger partial charge in [0.1, 0.15) is 0 Å². The van der Waals surface area contributed by atoms with Crippen LogP contribution < -0.4 is 0 Å². The van der Waals surface area contributed by atoms with E-state index in [2.05, 4.69) is 20.8 Å². The summed E-state index contributed by atoms with van der Waals surface area (Å²) in [5.41, 5.74) is 0. The van der Waals surface area contributed by atoms with Crippen LogP contribution in [0.1, 0.15) is 33.6 Å². The van der Waals surface area contributed by atoms with E-state index in [1.54, 1.807) is 0 Å². The molecular formula is C11H22O2. The zero-order chi connectivity index (χ0) is 10.0. The summed E-state index contributed by atoms with van der Waals surface area (Å²) in [5, 5.41) is 19.2. The normalized spacial score (nSPS) is 41.1. The Kier molecular flexibility index (Phi) is 3.74. The number of hydrogen-bond donors (Lipinski definition) is 2. The molecule has 2 unspecified atom stereocenters. The molecule has 0 spiro atoms. The lowest BCUT2D eigenvalue weighted by atomic mass is 9.69. The van der Waals surface area contributed by atoms with E-state index in [1.807, 2.05) is 0 Å². The molecule has 0 aromatic heterocycles. The third kappa shape index (κ3) is 2.23. The van der Waals surface area contributed by atoms with Gasteiger partial charge in [0, 0.05) is 12.5 Å². The molecule has 1 fully saturated rings. The predicted octanol–water partition coefficient (Wildman–Crippen LogP) is 1.66. The van der Waals surface area contributed by atoms with Gasteiger partial charge in [0.2, 0.25) is 0 Å². The minimum Gasteiger partial charge on any atom is -0.396 e. The van der Waals surface area contributed by atoms with E-state index in [0.717, 1.165) is 12.8 Å². The van der Waals surface area contributed by atoms with Crippen molar-refractivity contribution in [1.29, 1.82) is 0 Å². The van der Waals surface area contributed by atoms with Gasteiger partial charge in [-0.1, -0.05) is 20.8 Å². The Morgan fingerprint density at radius 3 is 2.38 bits per heavy atom. The fourth-order valence-electron chi connectivity index (χ4n) is 2.51. The molecular weight excluding hydrogens is 164 g/mol. The van der Waals surface area contributed by atoms with Crippen LogP contribution in [-0.4, -0.2) is 22.9 Å². The first kappa shape index (κ1) is 11.0. The number of hydrogen-bond acceptors (Lipinski definition) is 2. The first-order valence-electron chi connectivity index (χ1n) is 5.36. The van der Waals surface area contributed by atoms with E-state index in [4.69, 9.17) is 0 Å². The second-order valence-electron chi connectivity index (χ2n) is 4.80. The van der Waals surface area contributed by atoms with Crippen LogP contribution in [0.2, 0.25) is 0 Å². The SMILES string of the molecule is CC(C)[C@@H]1CC[C@@H](C)C(CO)C1O. The molecule has 2 N–H and O–H groups in total. The van der Waals surface area contributed by atoms with Gasteiger partial charge in [-0.3, -0.25) is 0 Å². The zero-order valence-electron chi connectivity index (χ0n) is 8.90. The Balaban J connectivity index is 2.63. The molecule has 1 aliphatic rings. The Hall–Kier alpha value is -0.0800. The lowest BCUT2D eigenvalue weighted by molar-refractivity contribution is -0.0481. The highest BCUT2D eigenvalue weighted by atomic mass is 16.3. The lowest BCUT2D eigenvalue weighted by Gasteiger charge is -2.40. The first-order chi connectivity index (χ1) is 6.07. The second-order valence-corrected chi connectivity index (χ2v) is 4.80. The van der Waals surface area contributed by atoms with Crippen molar-refractivity contribution in [3.8, 4) is 0 Å². The summed E-state index contributed by atoms with van der Waals surface area (Å²) < 4.78 is 0. The Morgan fingerprint density at radius 2 is 1.92 bits per heavy atom. The zero-order valence-corrected chi connectivity index (χ0v) is 8.90. The van der Waals surface area contributed by atoms with E-state index in [1.165, 1.54) is 0 Å². The fraction of sp³-hybridized carbons (Fsp3) is 1.00. The summed E-state index contributed by atoms with van der Waals surface area (Å²) >= 11 is 0. The maximum Gasteiger partial charge on any atom is 0.0623 e. The quantitative estimate of drug-likeness (QED) is 0.688. The van der Waals surface area contributed by atoms with Gasteiger partial charge >= 0.3 is 0 Å². The van der Waals surface area contributed by atoms with Crippen molar-refractivity contribution >= 4 is 0 Å². The van der Waals surface area contributed by atoms with Crippen LogP contribution in [0.15, 0.2) is 0 Å². The van der Waals surface area contributed by atoms with Gasteiger partial charge in [-0.2, -0.15) is 0 Å². The van der Waals surface area contributed by atoms with Crippen LogP contribution in [0, 0.1) is 23.7 Å².